The maximum Gasteiger partial charge on any atom is 0.325 e. The van der Waals surface area contributed by atoms with Gasteiger partial charge in [-0.05, 0) is 35.4 Å². The molecule has 4 amide bonds. The molecule has 0 spiro atoms. The van der Waals surface area contributed by atoms with Crippen LogP contribution in [0.1, 0.15) is 11.1 Å². The maximum absolute atomic E-state index is 13.8. The van der Waals surface area contributed by atoms with E-state index in [2.05, 4.69) is 10.2 Å². The summed E-state index contributed by atoms with van der Waals surface area (Å²) in [5.41, 5.74) is 1.42. The molecule has 2 aliphatic rings. The Morgan fingerprint density at radius 2 is 1.49 bits per heavy atom. The van der Waals surface area contributed by atoms with E-state index in [1.165, 1.54) is 0 Å². The summed E-state index contributed by atoms with van der Waals surface area (Å²) in [6, 6.07) is 26.1. The molecule has 8 nitrogen and oxygen atoms in total. The largest absolute Gasteiger partial charge is 0.497 e. The van der Waals surface area contributed by atoms with Crippen molar-refractivity contribution in [2.75, 3.05) is 44.7 Å². The number of carbonyl (C=O) groups excluding carboxylic acids is 3. The van der Waals surface area contributed by atoms with Crippen molar-refractivity contribution in [2.24, 2.45) is 0 Å². The molecule has 2 saturated heterocycles. The van der Waals surface area contributed by atoms with Gasteiger partial charge in [0.25, 0.3) is 5.91 Å². The summed E-state index contributed by atoms with van der Waals surface area (Å²) in [6.45, 7) is 2.08. The molecule has 0 radical (unpaired) electrons. The molecule has 1 N–H and O–H groups in total. The van der Waals surface area contributed by atoms with Crippen LogP contribution < -0.4 is 15.0 Å². The van der Waals surface area contributed by atoms with Gasteiger partial charge in [0.1, 0.15) is 12.3 Å². The molecule has 1 atom stereocenters. The molecule has 37 heavy (non-hydrogen) atoms. The number of amides is 4. The van der Waals surface area contributed by atoms with Crippen molar-refractivity contribution in [1.29, 1.82) is 0 Å². The van der Waals surface area contributed by atoms with Gasteiger partial charge in [-0.15, -0.1) is 0 Å². The van der Waals surface area contributed by atoms with Crippen LogP contribution in [-0.4, -0.2) is 67.5 Å². The van der Waals surface area contributed by atoms with Crippen molar-refractivity contribution < 1.29 is 19.1 Å². The van der Waals surface area contributed by atoms with E-state index in [1.807, 2.05) is 84.9 Å². The summed E-state index contributed by atoms with van der Waals surface area (Å²) in [7, 11) is 1.64. The van der Waals surface area contributed by atoms with Crippen LogP contribution in [0.4, 0.5) is 10.5 Å². The fourth-order valence-electron chi connectivity index (χ4n) is 5.05. The quantitative estimate of drug-likeness (QED) is 0.507. The average molecular weight is 499 g/mol. The highest BCUT2D eigenvalue weighted by atomic mass is 16.5. The molecular weight excluding hydrogens is 468 g/mol. The lowest BCUT2D eigenvalue weighted by Gasteiger charge is -2.36. The van der Waals surface area contributed by atoms with Crippen molar-refractivity contribution in [3.8, 4) is 5.75 Å². The minimum absolute atomic E-state index is 0.235. The van der Waals surface area contributed by atoms with E-state index in [4.69, 9.17) is 4.74 Å². The van der Waals surface area contributed by atoms with Crippen LogP contribution in [0.3, 0.4) is 0 Å². The lowest BCUT2D eigenvalue weighted by Crippen LogP contribution is -2.52. The molecule has 0 aromatic heterocycles. The number of ether oxygens (including phenoxy) is 1. The van der Waals surface area contributed by atoms with Crippen molar-refractivity contribution in [1.82, 2.24) is 15.1 Å². The van der Waals surface area contributed by atoms with Crippen LogP contribution >= 0.6 is 0 Å². The topological polar surface area (TPSA) is 82.2 Å². The predicted octanol–water partition coefficient (Wildman–Crippen LogP) is 3.03. The van der Waals surface area contributed by atoms with Gasteiger partial charge in [0.2, 0.25) is 5.91 Å². The zero-order valence-corrected chi connectivity index (χ0v) is 20.8. The summed E-state index contributed by atoms with van der Waals surface area (Å²) in [6.07, 6.45) is 0.299. The summed E-state index contributed by atoms with van der Waals surface area (Å²) in [4.78, 5) is 45.1. The van der Waals surface area contributed by atoms with Gasteiger partial charge < -0.3 is 19.9 Å². The molecule has 190 valence electrons. The number of nitrogens with zero attached hydrogens (tertiary/aromatic N) is 3. The Morgan fingerprint density at radius 3 is 2.11 bits per heavy atom. The fourth-order valence-corrected chi connectivity index (χ4v) is 5.05. The Balaban J connectivity index is 1.28. The van der Waals surface area contributed by atoms with Crippen molar-refractivity contribution >= 4 is 23.5 Å². The van der Waals surface area contributed by atoms with Gasteiger partial charge in [-0.1, -0.05) is 60.7 Å². The maximum atomic E-state index is 13.8. The molecule has 0 aliphatic carbocycles. The number of hydrogen-bond donors (Lipinski definition) is 1. The van der Waals surface area contributed by atoms with Crippen molar-refractivity contribution in [3.05, 3.63) is 96.1 Å². The van der Waals surface area contributed by atoms with Crippen LogP contribution in [-0.2, 0) is 21.5 Å². The zero-order chi connectivity index (χ0) is 25.8. The van der Waals surface area contributed by atoms with E-state index in [0.29, 0.717) is 38.2 Å². The first-order valence-corrected chi connectivity index (χ1v) is 12.4. The first-order chi connectivity index (χ1) is 18.0. The average Bonchev–Trinajstić information content (AvgIpc) is 3.19. The number of nitrogens with one attached hydrogen (secondary N) is 1. The Labute approximate surface area is 216 Å². The number of methoxy groups -OCH3 is 1. The van der Waals surface area contributed by atoms with Gasteiger partial charge in [0.05, 0.1) is 7.11 Å². The second kappa shape index (κ2) is 10.3. The minimum Gasteiger partial charge on any atom is -0.497 e. The van der Waals surface area contributed by atoms with E-state index in [-0.39, 0.29) is 12.5 Å². The van der Waals surface area contributed by atoms with Gasteiger partial charge in [-0.25, -0.2) is 4.79 Å². The molecule has 3 aromatic rings. The highest BCUT2D eigenvalue weighted by Crippen LogP contribution is 2.33. The third-order valence-electron chi connectivity index (χ3n) is 7.12. The normalized spacial score (nSPS) is 19.6. The Bertz CT molecular complexity index is 1260. The highest BCUT2D eigenvalue weighted by molar-refractivity contribution is 6.09. The zero-order valence-electron chi connectivity index (χ0n) is 20.8. The fraction of sp³-hybridized carbons (Fsp3) is 0.276. The smallest absolute Gasteiger partial charge is 0.325 e. The van der Waals surface area contributed by atoms with Gasteiger partial charge in [0.15, 0.2) is 5.54 Å². The van der Waals surface area contributed by atoms with Crippen molar-refractivity contribution in [3.63, 3.8) is 0 Å². The summed E-state index contributed by atoms with van der Waals surface area (Å²) in [5, 5.41) is 2.93. The lowest BCUT2D eigenvalue weighted by molar-refractivity contribution is -0.139. The van der Waals surface area contributed by atoms with Crippen LogP contribution in [0, 0.1) is 0 Å². The summed E-state index contributed by atoms with van der Waals surface area (Å²) < 4.78 is 5.23. The van der Waals surface area contributed by atoms with Crippen LogP contribution in [0.5, 0.6) is 5.75 Å². The SMILES string of the molecule is COc1ccc(N2CCN(C(=O)CN3C(=O)NC(Cc4ccccc4)(c4ccccc4)C3=O)CC2)cc1. The molecule has 2 aliphatic heterocycles. The minimum atomic E-state index is -1.26. The van der Waals surface area contributed by atoms with E-state index < -0.39 is 17.5 Å². The van der Waals surface area contributed by atoms with Crippen LogP contribution in [0.15, 0.2) is 84.9 Å². The molecular formula is C29H30N4O4. The summed E-state index contributed by atoms with van der Waals surface area (Å²) in [5.74, 6) is 0.157. The van der Waals surface area contributed by atoms with Crippen molar-refractivity contribution in [2.45, 2.75) is 12.0 Å². The molecule has 0 saturated carbocycles. The molecule has 1 unspecified atom stereocenters. The van der Waals surface area contributed by atoms with E-state index in [1.54, 1.807) is 12.0 Å². The first kappa shape index (κ1) is 24.4. The third kappa shape index (κ3) is 4.87. The number of hydrogen-bond acceptors (Lipinski definition) is 5. The molecule has 0 bridgehead atoms. The van der Waals surface area contributed by atoms with Gasteiger partial charge >= 0.3 is 6.03 Å². The van der Waals surface area contributed by atoms with E-state index in [0.717, 1.165) is 21.9 Å². The number of piperazine rings is 1. The monoisotopic (exact) mass is 498 g/mol. The standard InChI is InChI=1S/C29H30N4O4/c1-37-25-14-12-24(13-15-25)31-16-18-32(19-17-31)26(34)21-33-27(35)29(30-28(33)36,23-10-6-3-7-11-23)20-22-8-4-2-5-9-22/h2-15H,16-21H2,1H3,(H,30,36). The predicted molar refractivity (Wildman–Crippen MR) is 140 cm³/mol. The lowest BCUT2D eigenvalue weighted by atomic mass is 9.83. The third-order valence-corrected chi connectivity index (χ3v) is 7.12. The highest BCUT2D eigenvalue weighted by Gasteiger charge is 2.53. The van der Waals surface area contributed by atoms with Gasteiger partial charge in [-0.3, -0.25) is 14.5 Å². The Hall–Kier alpha value is -4.33. The number of carbonyl (C=O) groups is 3. The number of rotatable bonds is 7. The van der Waals surface area contributed by atoms with E-state index in [9.17, 15) is 14.4 Å². The molecule has 8 heteroatoms. The molecule has 5 rings (SSSR count). The second-order valence-electron chi connectivity index (χ2n) is 9.32. The Kier molecular flexibility index (Phi) is 6.81. The van der Waals surface area contributed by atoms with Gasteiger partial charge in [-0.2, -0.15) is 0 Å². The van der Waals surface area contributed by atoms with Gasteiger partial charge in [0, 0.05) is 38.3 Å². The number of benzene rings is 3. The second-order valence-corrected chi connectivity index (χ2v) is 9.32. The molecule has 2 heterocycles. The first-order valence-electron chi connectivity index (χ1n) is 12.4. The number of urea groups is 1. The Morgan fingerprint density at radius 1 is 0.865 bits per heavy atom. The van der Waals surface area contributed by atoms with Crippen LogP contribution in [0.2, 0.25) is 0 Å². The number of anilines is 1. The van der Waals surface area contributed by atoms with Crippen LogP contribution in [0.25, 0.3) is 0 Å². The summed E-state index contributed by atoms with van der Waals surface area (Å²) >= 11 is 0. The van der Waals surface area contributed by atoms with E-state index >= 15 is 0 Å². The number of imide groups is 1. The molecule has 2 fully saturated rings. The molecule has 3 aromatic carbocycles.